The highest BCUT2D eigenvalue weighted by Gasteiger charge is 2.37. The van der Waals surface area contributed by atoms with Crippen LogP contribution in [0.4, 0.5) is 4.79 Å². The van der Waals surface area contributed by atoms with Crippen LogP contribution in [0.3, 0.4) is 0 Å². The minimum absolute atomic E-state index is 0.215. The van der Waals surface area contributed by atoms with E-state index in [0.717, 1.165) is 24.8 Å². The van der Waals surface area contributed by atoms with E-state index in [4.69, 9.17) is 9.47 Å². The minimum Gasteiger partial charge on any atom is -0.460 e. The zero-order valence-corrected chi connectivity index (χ0v) is 14.0. The van der Waals surface area contributed by atoms with Crippen molar-refractivity contribution in [2.45, 2.75) is 58.3 Å². The normalized spacial score (nSPS) is 20.8. The van der Waals surface area contributed by atoms with Crippen LogP contribution >= 0.6 is 0 Å². The van der Waals surface area contributed by atoms with Gasteiger partial charge in [-0.1, -0.05) is 36.8 Å². The predicted molar refractivity (Wildman–Crippen MR) is 86.7 cm³/mol. The average Bonchev–Trinajstić information content (AvgIpc) is 2.93. The first-order valence-corrected chi connectivity index (χ1v) is 8.05. The molecule has 0 heterocycles. The van der Waals surface area contributed by atoms with Crippen LogP contribution in [0.1, 0.15) is 45.6 Å². The summed E-state index contributed by atoms with van der Waals surface area (Å²) in [6, 6.07) is 9.28. The lowest BCUT2D eigenvalue weighted by Gasteiger charge is -2.25. The van der Waals surface area contributed by atoms with Crippen LogP contribution in [0.25, 0.3) is 0 Å². The van der Waals surface area contributed by atoms with Gasteiger partial charge >= 0.3 is 12.1 Å². The third-order valence-electron chi connectivity index (χ3n) is 3.74. The molecule has 1 aromatic carbocycles. The molecular weight excluding hydrogens is 294 g/mol. The molecule has 1 fully saturated rings. The molecule has 0 aromatic heterocycles. The lowest BCUT2D eigenvalue weighted by molar-refractivity contribution is -0.160. The summed E-state index contributed by atoms with van der Waals surface area (Å²) in [5, 5.41) is 2.80. The van der Waals surface area contributed by atoms with Gasteiger partial charge < -0.3 is 14.8 Å². The number of amides is 1. The molecule has 1 aliphatic carbocycles. The maximum atomic E-state index is 12.2. The summed E-state index contributed by atoms with van der Waals surface area (Å²) in [6.07, 6.45) is 1.91. The van der Waals surface area contributed by atoms with Gasteiger partial charge in [0.05, 0.1) is 5.92 Å². The number of ether oxygens (including phenoxy) is 2. The number of hydrogen-bond acceptors (Lipinski definition) is 4. The largest absolute Gasteiger partial charge is 0.460 e. The standard InChI is InChI=1S/C18H25NO4/c1-18(2,3)23-16(20)14-10-7-11-15(14)19-17(21)22-12-13-8-5-4-6-9-13/h4-6,8-9,14-15H,7,10-12H2,1-3H3,(H,19,21). The van der Waals surface area contributed by atoms with Gasteiger partial charge in [0.1, 0.15) is 12.2 Å². The topological polar surface area (TPSA) is 64.6 Å². The summed E-state index contributed by atoms with van der Waals surface area (Å²) in [7, 11) is 0. The van der Waals surface area contributed by atoms with Crippen LogP contribution in [-0.4, -0.2) is 23.7 Å². The van der Waals surface area contributed by atoms with Gasteiger partial charge in [-0.3, -0.25) is 4.79 Å². The van der Waals surface area contributed by atoms with Gasteiger partial charge in [0.2, 0.25) is 0 Å². The molecule has 0 radical (unpaired) electrons. The summed E-state index contributed by atoms with van der Waals surface area (Å²) < 4.78 is 10.6. The summed E-state index contributed by atoms with van der Waals surface area (Å²) in [6.45, 7) is 5.75. The zero-order valence-electron chi connectivity index (χ0n) is 14.0. The second-order valence-electron chi connectivity index (χ2n) is 6.88. The Morgan fingerprint density at radius 2 is 1.87 bits per heavy atom. The van der Waals surface area contributed by atoms with Crippen molar-refractivity contribution >= 4 is 12.1 Å². The fraction of sp³-hybridized carbons (Fsp3) is 0.556. The van der Waals surface area contributed by atoms with Gasteiger partial charge in [-0.05, 0) is 39.2 Å². The summed E-state index contributed by atoms with van der Waals surface area (Å²) in [4.78, 5) is 24.2. The maximum Gasteiger partial charge on any atom is 0.407 e. The van der Waals surface area contributed by atoms with E-state index < -0.39 is 11.7 Å². The average molecular weight is 319 g/mol. The van der Waals surface area contributed by atoms with E-state index in [9.17, 15) is 9.59 Å². The van der Waals surface area contributed by atoms with E-state index in [1.54, 1.807) is 0 Å². The molecule has 1 saturated carbocycles. The number of alkyl carbamates (subject to hydrolysis) is 1. The first-order valence-electron chi connectivity index (χ1n) is 8.05. The van der Waals surface area contributed by atoms with E-state index in [0.29, 0.717) is 0 Å². The molecule has 0 spiro atoms. The molecule has 2 rings (SSSR count). The lowest BCUT2D eigenvalue weighted by Crippen LogP contribution is -2.42. The van der Waals surface area contributed by atoms with Crippen molar-refractivity contribution in [1.82, 2.24) is 5.32 Å². The Hall–Kier alpha value is -2.04. The Balaban J connectivity index is 1.83. The number of carbonyl (C=O) groups is 2. The van der Waals surface area contributed by atoms with E-state index in [1.807, 2.05) is 51.1 Å². The van der Waals surface area contributed by atoms with Crippen molar-refractivity contribution < 1.29 is 19.1 Å². The number of benzene rings is 1. The third-order valence-corrected chi connectivity index (χ3v) is 3.74. The van der Waals surface area contributed by atoms with Crippen molar-refractivity contribution in [3.05, 3.63) is 35.9 Å². The van der Waals surface area contributed by atoms with Gasteiger partial charge in [-0.2, -0.15) is 0 Å². The molecule has 1 aromatic rings. The van der Waals surface area contributed by atoms with Crippen LogP contribution in [0.15, 0.2) is 30.3 Å². The van der Waals surface area contributed by atoms with Gasteiger partial charge in [0, 0.05) is 6.04 Å². The number of esters is 1. The summed E-state index contributed by atoms with van der Waals surface area (Å²) >= 11 is 0. The van der Waals surface area contributed by atoms with E-state index in [-0.39, 0.29) is 24.5 Å². The quantitative estimate of drug-likeness (QED) is 0.864. The maximum absolute atomic E-state index is 12.2. The van der Waals surface area contributed by atoms with Crippen LogP contribution in [0.5, 0.6) is 0 Å². The Kier molecular flexibility index (Phi) is 5.64. The van der Waals surface area contributed by atoms with Crippen molar-refractivity contribution in [2.75, 3.05) is 0 Å². The molecule has 0 aliphatic heterocycles. The van der Waals surface area contributed by atoms with Gasteiger partial charge in [-0.25, -0.2) is 4.79 Å². The molecule has 1 amide bonds. The minimum atomic E-state index is -0.516. The fourth-order valence-electron chi connectivity index (χ4n) is 2.71. The van der Waals surface area contributed by atoms with Gasteiger partial charge in [0.25, 0.3) is 0 Å². The number of carbonyl (C=O) groups excluding carboxylic acids is 2. The predicted octanol–water partition coefficient (Wildman–Crippen LogP) is 3.42. The van der Waals surface area contributed by atoms with E-state index >= 15 is 0 Å². The molecule has 23 heavy (non-hydrogen) atoms. The second kappa shape index (κ2) is 7.49. The Morgan fingerprint density at radius 1 is 1.17 bits per heavy atom. The van der Waals surface area contributed by atoms with Gasteiger partial charge in [0.15, 0.2) is 0 Å². The number of nitrogens with one attached hydrogen (secondary N) is 1. The Labute approximate surface area is 137 Å². The first-order chi connectivity index (χ1) is 10.8. The molecule has 126 valence electrons. The monoisotopic (exact) mass is 319 g/mol. The molecule has 0 bridgehead atoms. The second-order valence-corrected chi connectivity index (χ2v) is 6.88. The SMILES string of the molecule is CC(C)(C)OC(=O)C1CCCC1NC(=O)OCc1ccccc1. The van der Waals surface area contributed by atoms with Crippen molar-refractivity contribution in [2.24, 2.45) is 5.92 Å². The van der Waals surface area contributed by atoms with Crippen LogP contribution in [-0.2, 0) is 20.9 Å². The zero-order chi connectivity index (χ0) is 16.9. The molecule has 5 nitrogen and oxygen atoms in total. The Morgan fingerprint density at radius 3 is 2.52 bits per heavy atom. The molecule has 1 N–H and O–H groups in total. The smallest absolute Gasteiger partial charge is 0.407 e. The Bertz CT molecular complexity index is 536. The molecule has 1 aliphatic rings. The lowest BCUT2D eigenvalue weighted by atomic mass is 10.0. The number of rotatable bonds is 4. The van der Waals surface area contributed by atoms with Crippen molar-refractivity contribution in [3.8, 4) is 0 Å². The molecule has 2 atom stereocenters. The number of hydrogen-bond donors (Lipinski definition) is 1. The van der Waals surface area contributed by atoms with Crippen LogP contribution in [0.2, 0.25) is 0 Å². The highest BCUT2D eigenvalue weighted by atomic mass is 16.6. The molecular formula is C18H25NO4. The fourth-order valence-corrected chi connectivity index (χ4v) is 2.71. The highest BCUT2D eigenvalue weighted by molar-refractivity contribution is 5.76. The molecule has 2 unspecified atom stereocenters. The van der Waals surface area contributed by atoms with E-state index in [1.165, 1.54) is 0 Å². The van der Waals surface area contributed by atoms with Crippen molar-refractivity contribution in [1.29, 1.82) is 0 Å². The first kappa shape index (κ1) is 17.3. The van der Waals surface area contributed by atoms with Crippen LogP contribution in [0, 0.1) is 5.92 Å². The summed E-state index contributed by atoms with van der Waals surface area (Å²) in [5.74, 6) is -0.540. The molecule has 5 heteroatoms. The van der Waals surface area contributed by atoms with Crippen LogP contribution < -0.4 is 5.32 Å². The van der Waals surface area contributed by atoms with E-state index in [2.05, 4.69) is 5.32 Å². The molecule has 0 saturated heterocycles. The van der Waals surface area contributed by atoms with Gasteiger partial charge in [-0.15, -0.1) is 0 Å². The third kappa shape index (κ3) is 5.58. The van der Waals surface area contributed by atoms with Crippen molar-refractivity contribution in [3.63, 3.8) is 0 Å². The highest BCUT2D eigenvalue weighted by Crippen LogP contribution is 2.28. The summed E-state index contributed by atoms with van der Waals surface area (Å²) in [5.41, 5.74) is 0.413.